The molecule has 8 nitrogen and oxygen atoms in total. The lowest BCUT2D eigenvalue weighted by atomic mass is 10.1. The van der Waals surface area contributed by atoms with Crippen LogP contribution < -0.4 is 22.1 Å². The van der Waals surface area contributed by atoms with Crippen molar-refractivity contribution in [3.63, 3.8) is 0 Å². The molecular weight excluding hydrogens is 442 g/mol. The maximum atomic E-state index is 14.0. The van der Waals surface area contributed by atoms with Crippen LogP contribution in [0.1, 0.15) is 23.6 Å². The van der Waals surface area contributed by atoms with E-state index in [0.29, 0.717) is 52.5 Å². The molecule has 2 aliphatic heterocycles. The van der Waals surface area contributed by atoms with E-state index < -0.39 is 5.82 Å². The Balaban J connectivity index is 1.61. The zero-order chi connectivity index (χ0) is 22.0. The van der Waals surface area contributed by atoms with E-state index in [1.807, 2.05) is 4.90 Å². The third-order valence-electron chi connectivity index (χ3n) is 5.22. The molecule has 11 heteroatoms. The van der Waals surface area contributed by atoms with Gasteiger partial charge in [-0.2, -0.15) is 0 Å². The molecule has 31 heavy (non-hydrogen) atoms. The van der Waals surface area contributed by atoms with Crippen molar-refractivity contribution in [1.29, 1.82) is 0 Å². The summed E-state index contributed by atoms with van der Waals surface area (Å²) in [7, 11) is 0. The molecule has 2 aliphatic rings. The van der Waals surface area contributed by atoms with Crippen LogP contribution in [0.5, 0.6) is 0 Å². The monoisotopic (exact) mass is 464 g/mol. The first-order chi connectivity index (χ1) is 14.9. The smallest absolute Gasteiger partial charge is 0.177 e. The summed E-state index contributed by atoms with van der Waals surface area (Å²) in [6.45, 7) is 3.18. The van der Waals surface area contributed by atoms with Crippen LogP contribution >= 0.6 is 23.2 Å². The van der Waals surface area contributed by atoms with E-state index in [-0.39, 0.29) is 11.6 Å². The molecule has 3 heterocycles. The molecular formula is C20H23Cl2FN8. The van der Waals surface area contributed by atoms with Gasteiger partial charge in [0.15, 0.2) is 11.6 Å². The molecule has 0 spiro atoms. The summed E-state index contributed by atoms with van der Waals surface area (Å²) in [5.41, 5.74) is 15.1. The molecule has 0 radical (unpaired) electrons. The number of aromatic amines is 1. The van der Waals surface area contributed by atoms with Crippen LogP contribution in [0, 0.1) is 5.82 Å². The molecule has 7 N–H and O–H groups in total. The Labute approximate surface area is 189 Å². The van der Waals surface area contributed by atoms with E-state index in [4.69, 9.17) is 34.7 Å². The van der Waals surface area contributed by atoms with Crippen LogP contribution in [-0.4, -0.2) is 46.3 Å². The topological polar surface area (TPSA) is 121 Å². The van der Waals surface area contributed by atoms with Crippen molar-refractivity contribution >= 4 is 34.5 Å². The summed E-state index contributed by atoms with van der Waals surface area (Å²) in [4.78, 5) is 5.11. The van der Waals surface area contributed by atoms with Gasteiger partial charge in [-0.3, -0.25) is 0 Å². The zero-order valence-electron chi connectivity index (χ0n) is 16.7. The molecule has 4 rings (SSSR count). The van der Waals surface area contributed by atoms with Gasteiger partial charge in [-0.05, 0) is 36.7 Å². The van der Waals surface area contributed by atoms with E-state index in [1.54, 1.807) is 6.08 Å². The molecule has 0 unspecified atom stereocenters. The third-order valence-corrected chi connectivity index (χ3v) is 5.99. The number of allylic oxidation sites excluding steroid dienone is 1. The highest BCUT2D eigenvalue weighted by molar-refractivity contribution is 6.36. The number of benzene rings is 1. The number of hydrogen-bond donors (Lipinski definition) is 5. The first kappa shape index (κ1) is 21.5. The average Bonchev–Trinajstić information content (AvgIpc) is 3.27. The predicted octanol–water partition coefficient (Wildman–Crippen LogP) is 2.16. The predicted molar refractivity (Wildman–Crippen MR) is 120 cm³/mol. The van der Waals surface area contributed by atoms with Crippen molar-refractivity contribution in [2.24, 2.45) is 11.5 Å². The van der Waals surface area contributed by atoms with Crippen LogP contribution in [-0.2, 0) is 6.54 Å². The Bertz CT molecular complexity index is 1080. The van der Waals surface area contributed by atoms with Gasteiger partial charge in [0, 0.05) is 36.8 Å². The molecule has 164 valence electrons. The summed E-state index contributed by atoms with van der Waals surface area (Å²) in [5.74, 6) is 1.07. The van der Waals surface area contributed by atoms with Gasteiger partial charge in [-0.15, -0.1) is 10.2 Å². The van der Waals surface area contributed by atoms with Gasteiger partial charge in [0.1, 0.15) is 11.6 Å². The number of hydrogen-bond acceptors (Lipinski definition) is 7. The summed E-state index contributed by atoms with van der Waals surface area (Å²) in [5, 5.41) is 15.1. The normalized spacial score (nSPS) is 17.6. The molecule has 0 saturated carbocycles. The SMILES string of the molecule is NC1=C(/C=C(\N)c2nnc(C3=CCNCC3)[nH]2)N(Cc2c(Cl)ccc(F)c2Cl)CCN1. The molecule has 0 bridgehead atoms. The maximum absolute atomic E-state index is 14.0. The number of halogens is 3. The summed E-state index contributed by atoms with van der Waals surface area (Å²) in [6, 6.07) is 2.73. The first-order valence-electron chi connectivity index (χ1n) is 9.85. The number of nitrogens with one attached hydrogen (secondary N) is 3. The second-order valence-corrected chi connectivity index (χ2v) is 8.06. The van der Waals surface area contributed by atoms with Gasteiger partial charge < -0.3 is 32.0 Å². The number of H-pyrrole nitrogens is 1. The van der Waals surface area contributed by atoms with Crippen molar-refractivity contribution < 1.29 is 4.39 Å². The van der Waals surface area contributed by atoms with Crippen molar-refractivity contribution in [1.82, 2.24) is 30.7 Å². The second-order valence-electron chi connectivity index (χ2n) is 7.27. The minimum atomic E-state index is -0.522. The molecule has 0 atom stereocenters. The highest BCUT2D eigenvalue weighted by atomic mass is 35.5. The van der Waals surface area contributed by atoms with Crippen molar-refractivity contribution in [2.75, 3.05) is 26.2 Å². The Kier molecular flexibility index (Phi) is 6.35. The fourth-order valence-corrected chi connectivity index (χ4v) is 4.03. The van der Waals surface area contributed by atoms with E-state index in [9.17, 15) is 4.39 Å². The van der Waals surface area contributed by atoms with E-state index in [2.05, 4.69) is 31.9 Å². The van der Waals surface area contributed by atoms with Crippen LogP contribution in [0.15, 0.2) is 35.8 Å². The number of nitrogens with two attached hydrogens (primary N) is 2. The third kappa shape index (κ3) is 4.63. The van der Waals surface area contributed by atoms with E-state index in [1.165, 1.54) is 12.1 Å². The Hall–Kier alpha value is -2.75. The van der Waals surface area contributed by atoms with Crippen molar-refractivity contribution in [2.45, 2.75) is 13.0 Å². The quantitative estimate of drug-likeness (QED) is 0.429. The summed E-state index contributed by atoms with van der Waals surface area (Å²) in [6.07, 6.45) is 4.65. The average molecular weight is 465 g/mol. The summed E-state index contributed by atoms with van der Waals surface area (Å²) >= 11 is 12.4. The molecule has 0 aliphatic carbocycles. The highest BCUT2D eigenvalue weighted by Crippen LogP contribution is 2.30. The molecule has 0 saturated heterocycles. The first-order valence-corrected chi connectivity index (χ1v) is 10.6. The molecule has 0 fully saturated rings. The highest BCUT2D eigenvalue weighted by Gasteiger charge is 2.22. The minimum absolute atomic E-state index is 0.00368. The van der Waals surface area contributed by atoms with E-state index in [0.717, 1.165) is 25.1 Å². The summed E-state index contributed by atoms with van der Waals surface area (Å²) < 4.78 is 14.0. The van der Waals surface area contributed by atoms with E-state index >= 15 is 0 Å². The van der Waals surface area contributed by atoms with Crippen molar-refractivity contribution in [3.8, 4) is 0 Å². The Morgan fingerprint density at radius 2 is 2.10 bits per heavy atom. The van der Waals surface area contributed by atoms with Gasteiger partial charge in [0.05, 0.1) is 16.4 Å². The van der Waals surface area contributed by atoms with Gasteiger partial charge in [0.25, 0.3) is 0 Å². The maximum Gasteiger partial charge on any atom is 0.177 e. The second kappa shape index (κ2) is 9.17. The van der Waals surface area contributed by atoms with Crippen LogP contribution in [0.2, 0.25) is 10.0 Å². The lowest BCUT2D eigenvalue weighted by Crippen LogP contribution is -2.41. The van der Waals surface area contributed by atoms with Gasteiger partial charge in [-0.25, -0.2) is 4.39 Å². The minimum Gasteiger partial charge on any atom is -0.396 e. The molecule has 0 amide bonds. The molecule has 2 aromatic rings. The fourth-order valence-electron chi connectivity index (χ4n) is 3.53. The Morgan fingerprint density at radius 3 is 2.87 bits per heavy atom. The zero-order valence-corrected chi connectivity index (χ0v) is 18.2. The van der Waals surface area contributed by atoms with Gasteiger partial charge >= 0.3 is 0 Å². The molecule has 1 aromatic heterocycles. The number of rotatable bonds is 5. The van der Waals surface area contributed by atoms with Gasteiger partial charge in [-0.1, -0.05) is 29.3 Å². The molecule has 1 aromatic carbocycles. The lowest BCUT2D eigenvalue weighted by molar-refractivity contribution is 0.321. The van der Waals surface area contributed by atoms with Crippen LogP contribution in [0.4, 0.5) is 4.39 Å². The largest absolute Gasteiger partial charge is 0.396 e. The van der Waals surface area contributed by atoms with Crippen molar-refractivity contribution in [3.05, 3.63) is 68.9 Å². The number of aromatic nitrogens is 3. The van der Waals surface area contributed by atoms with Gasteiger partial charge in [0.2, 0.25) is 0 Å². The lowest BCUT2D eigenvalue weighted by Gasteiger charge is -2.32. The van der Waals surface area contributed by atoms with Crippen LogP contribution in [0.25, 0.3) is 11.3 Å². The Morgan fingerprint density at radius 1 is 1.26 bits per heavy atom. The fraction of sp³-hybridized carbons (Fsp3) is 0.300. The van der Waals surface area contributed by atoms with Crippen LogP contribution in [0.3, 0.4) is 0 Å². The standard InChI is InChI=1S/C20H23Cl2FN8/c21-13-1-2-14(23)17(22)12(13)10-31-8-7-27-18(25)16(31)9-15(24)20-28-19(29-30-20)11-3-5-26-6-4-11/h1-3,9,26-27H,4-8,10,24-25H2,(H,28,29,30)/b15-9-. The number of nitrogens with zero attached hydrogens (tertiary/aromatic N) is 3.